The Labute approximate surface area is 140 Å². The summed E-state index contributed by atoms with van der Waals surface area (Å²) in [6, 6.07) is 14.4. The largest absolute Gasteiger partial charge is 0.325 e. The molecule has 0 aromatic heterocycles. The molecule has 0 bridgehead atoms. The molecule has 24 heavy (non-hydrogen) atoms. The van der Waals surface area contributed by atoms with E-state index in [4.69, 9.17) is 0 Å². The first-order chi connectivity index (χ1) is 11.5. The van der Waals surface area contributed by atoms with Crippen LogP contribution in [0.2, 0.25) is 0 Å². The molecule has 1 aliphatic heterocycles. The van der Waals surface area contributed by atoms with Crippen LogP contribution in [-0.2, 0) is 14.4 Å². The summed E-state index contributed by atoms with van der Waals surface area (Å²) in [5.74, 6) is -2.73. The Morgan fingerprint density at radius 1 is 1.04 bits per heavy atom. The summed E-state index contributed by atoms with van der Waals surface area (Å²) >= 11 is 0. The summed E-state index contributed by atoms with van der Waals surface area (Å²) in [6.07, 6.45) is 0. The summed E-state index contributed by atoms with van der Waals surface area (Å²) in [7, 11) is 0. The van der Waals surface area contributed by atoms with Gasteiger partial charge in [0.2, 0.25) is 11.8 Å². The van der Waals surface area contributed by atoms with E-state index in [0.29, 0.717) is 11.4 Å². The third-order valence-electron chi connectivity index (χ3n) is 4.25. The molecule has 1 heterocycles. The van der Waals surface area contributed by atoms with Gasteiger partial charge in [0.05, 0.1) is 6.54 Å². The highest BCUT2D eigenvalue weighted by Gasteiger charge is 2.44. The van der Waals surface area contributed by atoms with Crippen molar-refractivity contribution in [2.24, 2.45) is 5.92 Å². The van der Waals surface area contributed by atoms with Crippen molar-refractivity contribution < 1.29 is 14.4 Å². The number of hydrogen-bond donors (Lipinski definition) is 1. The van der Waals surface area contributed by atoms with Crippen molar-refractivity contribution in [2.75, 3.05) is 16.8 Å². The summed E-state index contributed by atoms with van der Waals surface area (Å²) in [5.41, 5.74) is 3.35. The van der Waals surface area contributed by atoms with E-state index in [1.165, 1.54) is 4.90 Å². The fourth-order valence-electron chi connectivity index (χ4n) is 2.74. The molecule has 2 aromatic carbocycles. The minimum atomic E-state index is -1.29. The van der Waals surface area contributed by atoms with Crippen molar-refractivity contribution in [3.63, 3.8) is 0 Å². The fraction of sp³-hybridized carbons (Fsp3) is 0.211. The Kier molecular flexibility index (Phi) is 4.16. The second kappa shape index (κ2) is 6.28. The predicted molar refractivity (Wildman–Crippen MR) is 91.8 cm³/mol. The number of benzene rings is 2. The van der Waals surface area contributed by atoms with Gasteiger partial charge in [-0.15, -0.1) is 0 Å². The number of ketones is 1. The van der Waals surface area contributed by atoms with Gasteiger partial charge in [0.25, 0.3) is 0 Å². The van der Waals surface area contributed by atoms with E-state index in [0.717, 1.165) is 11.1 Å². The van der Waals surface area contributed by atoms with Crippen LogP contribution in [0.25, 0.3) is 0 Å². The van der Waals surface area contributed by atoms with Crippen LogP contribution in [0.15, 0.2) is 48.5 Å². The standard InChI is InChI=1S/C19H18N2O3/c1-12-8-9-14(10-13(12)2)20-18(23)17-16(22)11-21(19(17)24)15-6-4-3-5-7-15/h3-10,17H,11H2,1-2H3,(H,20,23)/t17-/m0/s1. The Bertz CT molecular complexity index is 815. The van der Waals surface area contributed by atoms with Crippen LogP contribution in [0.1, 0.15) is 11.1 Å². The van der Waals surface area contributed by atoms with E-state index >= 15 is 0 Å². The molecule has 3 rings (SSSR count). The number of anilines is 2. The van der Waals surface area contributed by atoms with E-state index in [9.17, 15) is 14.4 Å². The molecule has 1 saturated heterocycles. The van der Waals surface area contributed by atoms with Crippen molar-refractivity contribution in [2.45, 2.75) is 13.8 Å². The van der Waals surface area contributed by atoms with Crippen molar-refractivity contribution in [1.29, 1.82) is 0 Å². The number of para-hydroxylation sites is 1. The first kappa shape index (κ1) is 15.9. The second-order valence-electron chi connectivity index (χ2n) is 5.95. The zero-order valence-corrected chi connectivity index (χ0v) is 13.6. The van der Waals surface area contributed by atoms with Gasteiger partial charge in [0.15, 0.2) is 11.7 Å². The average Bonchev–Trinajstić information content (AvgIpc) is 2.86. The maximum atomic E-state index is 12.5. The van der Waals surface area contributed by atoms with E-state index in [1.807, 2.05) is 32.0 Å². The van der Waals surface area contributed by atoms with E-state index in [-0.39, 0.29) is 12.3 Å². The molecular formula is C19H18N2O3. The van der Waals surface area contributed by atoms with Crippen molar-refractivity contribution in [3.8, 4) is 0 Å². The molecule has 2 aromatic rings. The molecule has 1 fully saturated rings. The number of Topliss-reactive ketones (excluding diaryl/α,β-unsaturated/α-hetero) is 1. The van der Waals surface area contributed by atoms with Gasteiger partial charge in [-0.05, 0) is 49.2 Å². The number of rotatable bonds is 3. The summed E-state index contributed by atoms with van der Waals surface area (Å²) in [5, 5.41) is 2.68. The molecule has 2 amide bonds. The lowest BCUT2D eigenvalue weighted by molar-refractivity contribution is -0.134. The highest BCUT2D eigenvalue weighted by molar-refractivity contribution is 6.30. The lowest BCUT2D eigenvalue weighted by Gasteiger charge is -2.15. The van der Waals surface area contributed by atoms with Gasteiger partial charge in [-0.1, -0.05) is 24.3 Å². The monoisotopic (exact) mass is 322 g/mol. The smallest absolute Gasteiger partial charge is 0.247 e. The second-order valence-corrected chi connectivity index (χ2v) is 5.95. The minimum absolute atomic E-state index is 0.0755. The Morgan fingerprint density at radius 3 is 2.42 bits per heavy atom. The summed E-state index contributed by atoms with van der Waals surface area (Å²) in [6.45, 7) is 3.84. The van der Waals surface area contributed by atoms with Crippen LogP contribution < -0.4 is 10.2 Å². The molecule has 122 valence electrons. The lowest BCUT2D eigenvalue weighted by atomic mass is 10.1. The van der Waals surface area contributed by atoms with Gasteiger partial charge < -0.3 is 10.2 Å². The number of nitrogens with one attached hydrogen (secondary N) is 1. The van der Waals surface area contributed by atoms with Gasteiger partial charge >= 0.3 is 0 Å². The number of hydrogen-bond acceptors (Lipinski definition) is 3. The molecule has 1 N–H and O–H groups in total. The van der Waals surface area contributed by atoms with Crippen LogP contribution >= 0.6 is 0 Å². The summed E-state index contributed by atoms with van der Waals surface area (Å²) in [4.78, 5) is 38.5. The van der Waals surface area contributed by atoms with Crippen molar-refractivity contribution >= 4 is 29.0 Å². The first-order valence-electron chi connectivity index (χ1n) is 7.74. The van der Waals surface area contributed by atoms with Crippen LogP contribution in [0, 0.1) is 19.8 Å². The summed E-state index contributed by atoms with van der Waals surface area (Å²) < 4.78 is 0. The number of aryl methyl sites for hydroxylation is 2. The maximum Gasteiger partial charge on any atom is 0.247 e. The third kappa shape index (κ3) is 2.93. The molecular weight excluding hydrogens is 304 g/mol. The number of carbonyl (C=O) groups excluding carboxylic acids is 3. The maximum absolute atomic E-state index is 12.5. The molecule has 0 saturated carbocycles. The van der Waals surface area contributed by atoms with Crippen molar-refractivity contribution in [3.05, 3.63) is 59.7 Å². The Morgan fingerprint density at radius 2 is 1.75 bits per heavy atom. The topological polar surface area (TPSA) is 66.5 Å². The van der Waals surface area contributed by atoms with E-state index < -0.39 is 17.7 Å². The molecule has 0 aliphatic carbocycles. The minimum Gasteiger partial charge on any atom is -0.325 e. The van der Waals surface area contributed by atoms with Crippen LogP contribution in [0.5, 0.6) is 0 Å². The Hall–Kier alpha value is -2.95. The zero-order chi connectivity index (χ0) is 17.3. The predicted octanol–water partition coefficient (Wildman–Crippen LogP) is 2.47. The normalized spacial score (nSPS) is 17.2. The highest BCUT2D eigenvalue weighted by Crippen LogP contribution is 2.24. The molecule has 5 heteroatoms. The molecule has 0 spiro atoms. The van der Waals surface area contributed by atoms with Crippen LogP contribution in [-0.4, -0.2) is 24.1 Å². The number of nitrogens with zero attached hydrogens (tertiary/aromatic N) is 1. The van der Waals surface area contributed by atoms with E-state index in [1.54, 1.807) is 30.3 Å². The quantitative estimate of drug-likeness (QED) is 0.883. The average molecular weight is 322 g/mol. The first-order valence-corrected chi connectivity index (χ1v) is 7.74. The third-order valence-corrected chi connectivity index (χ3v) is 4.25. The van der Waals surface area contributed by atoms with Gasteiger partial charge in [-0.2, -0.15) is 0 Å². The molecule has 0 radical (unpaired) electrons. The number of carbonyl (C=O) groups is 3. The fourth-order valence-corrected chi connectivity index (χ4v) is 2.74. The van der Waals surface area contributed by atoms with Gasteiger partial charge in [0, 0.05) is 11.4 Å². The van der Waals surface area contributed by atoms with Crippen LogP contribution in [0.4, 0.5) is 11.4 Å². The lowest BCUT2D eigenvalue weighted by Crippen LogP contribution is -2.34. The Balaban J connectivity index is 1.78. The van der Waals surface area contributed by atoms with Gasteiger partial charge in [0.1, 0.15) is 0 Å². The van der Waals surface area contributed by atoms with E-state index in [2.05, 4.69) is 5.32 Å². The van der Waals surface area contributed by atoms with Crippen LogP contribution in [0.3, 0.4) is 0 Å². The highest BCUT2D eigenvalue weighted by atomic mass is 16.2. The zero-order valence-electron chi connectivity index (χ0n) is 13.6. The molecule has 1 aliphatic rings. The molecule has 1 atom stereocenters. The van der Waals surface area contributed by atoms with Gasteiger partial charge in [-0.3, -0.25) is 14.4 Å². The number of amides is 2. The molecule has 0 unspecified atom stereocenters. The van der Waals surface area contributed by atoms with Gasteiger partial charge in [-0.25, -0.2) is 0 Å². The van der Waals surface area contributed by atoms with Crippen molar-refractivity contribution in [1.82, 2.24) is 0 Å². The SMILES string of the molecule is Cc1ccc(NC(=O)[C@@H]2C(=O)CN(c3ccccc3)C2=O)cc1C. The molecule has 5 nitrogen and oxygen atoms in total.